The minimum absolute atomic E-state index is 0.354. The molecule has 0 N–H and O–H groups in total. The molecule has 2 heterocycles. The van der Waals surface area contributed by atoms with E-state index in [1.807, 2.05) is 48.1 Å². The first kappa shape index (κ1) is 16.1. The Morgan fingerprint density at radius 3 is 2.42 bits per heavy atom. The molecular formula is C22H18N2O2. The van der Waals surface area contributed by atoms with Crippen molar-refractivity contribution in [1.82, 2.24) is 9.55 Å². The number of nitrogens with zero attached hydrogens (tertiary/aromatic N) is 2. The summed E-state index contributed by atoms with van der Waals surface area (Å²) >= 11 is 0. The number of carbonyl (C=O) groups excluding carboxylic acids is 1. The normalized spacial score (nSPS) is 10.8. The lowest BCUT2D eigenvalue weighted by molar-refractivity contribution is 0.0590. The number of benzene rings is 2. The Balaban J connectivity index is 1.89. The van der Waals surface area contributed by atoms with Crippen molar-refractivity contribution < 1.29 is 9.53 Å². The molecule has 2 aromatic carbocycles. The van der Waals surface area contributed by atoms with Crippen LogP contribution in [0.15, 0.2) is 73.1 Å². The molecule has 0 aliphatic heterocycles. The molecule has 0 saturated carbocycles. The lowest BCUT2D eigenvalue weighted by atomic mass is 9.98. The van der Waals surface area contributed by atoms with Crippen molar-refractivity contribution in [3.8, 4) is 22.3 Å². The lowest BCUT2D eigenvalue weighted by Gasteiger charge is -2.07. The summed E-state index contributed by atoms with van der Waals surface area (Å²) < 4.78 is 6.71. The summed E-state index contributed by atoms with van der Waals surface area (Å²) in [6.45, 7) is 0. The Bertz CT molecular complexity index is 1100. The number of pyridine rings is 1. The monoisotopic (exact) mass is 342 g/mol. The second kappa shape index (κ2) is 6.48. The van der Waals surface area contributed by atoms with Crippen molar-refractivity contribution in [3.63, 3.8) is 0 Å². The Hall–Kier alpha value is -3.40. The van der Waals surface area contributed by atoms with Gasteiger partial charge in [-0.2, -0.15) is 0 Å². The highest BCUT2D eigenvalue weighted by molar-refractivity contribution is 6.01. The predicted molar refractivity (Wildman–Crippen MR) is 103 cm³/mol. The molecule has 2 aromatic heterocycles. The number of hydrogen-bond acceptors (Lipinski definition) is 3. The number of carbonyl (C=O) groups is 1. The van der Waals surface area contributed by atoms with E-state index in [1.54, 1.807) is 6.20 Å². The summed E-state index contributed by atoms with van der Waals surface area (Å²) in [4.78, 5) is 16.4. The fraction of sp³-hybridized carbons (Fsp3) is 0.0909. The van der Waals surface area contributed by atoms with Crippen LogP contribution in [0, 0.1) is 0 Å². The molecule has 0 radical (unpaired) electrons. The van der Waals surface area contributed by atoms with Crippen molar-refractivity contribution in [3.05, 3.63) is 78.8 Å². The van der Waals surface area contributed by atoms with Crippen LogP contribution in [0.2, 0.25) is 0 Å². The molecule has 0 amide bonds. The lowest BCUT2D eigenvalue weighted by Crippen LogP contribution is -2.06. The Morgan fingerprint density at radius 2 is 1.65 bits per heavy atom. The Kier molecular flexibility index (Phi) is 4.01. The van der Waals surface area contributed by atoms with Crippen molar-refractivity contribution in [2.45, 2.75) is 0 Å². The van der Waals surface area contributed by atoms with Gasteiger partial charge in [0.1, 0.15) is 5.69 Å². The predicted octanol–water partition coefficient (Wildman–Crippen LogP) is 4.69. The van der Waals surface area contributed by atoms with Gasteiger partial charge in [0.25, 0.3) is 0 Å². The smallest absolute Gasteiger partial charge is 0.354 e. The number of hydrogen-bond donors (Lipinski definition) is 0. The third kappa shape index (κ3) is 2.65. The molecule has 0 atom stereocenters. The van der Waals surface area contributed by atoms with Crippen LogP contribution >= 0.6 is 0 Å². The fourth-order valence-corrected chi connectivity index (χ4v) is 3.27. The van der Waals surface area contributed by atoms with Gasteiger partial charge in [0.05, 0.1) is 18.8 Å². The van der Waals surface area contributed by atoms with Crippen LogP contribution in [-0.4, -0.2) is 22.6 Å². The number of aryl methyl sites for hydroxylation is 1. The highest BCUT2D eigenvalue weighted by Gasteiger charge is 2.16. The van der Waals surface area contributed by atoms with Crippen LogP contribution in [0.5, 0.6) is 0 Å². The Labute approximate surface area is 151 Å². The fourth-order valence-electron chi connectivity index (χ4n) is 3.27. The second-order valence-corrected chi connectivity index (χ2v) is 6.15. The van der Waals surface area contributed by atoms with Gasteiger partial charge in [0.2, 0.25) is 0 Å². The van der Waals surface area contributed by atoms with Crippen LogP contribution in [-0.2, 0) is 11.8 Å². The van der Waals surface area contributed by atoms with Crippen LogP contribution in [0.4, 0.5) is 0 Å². The van der Waals surface area contributed by atoms with E-state index in [4.69, 9.17) is 4.74 Å². The van der Waals surface area contributed by atoms with Gasteiger partial charge in [-0.15, -0.1) is 0 Å². The molecule has 0 saturated heterocycles. The number of esters is 1. The van der Waals surface area contributed by atoms with Crippen LogP contribution in [0.1, 0.15) is 10.5 Å². The summed E-state index contributed by atoms with van der Waals surface area (Å²) in [5.41, 5.74) is 5.77. The number of fused-ring (bicyclic) bond motifs is 1. The molecule has 26 heavy (non-hydrogen) atoms. The average Bonchev–Trinajstić information content (AvgIpc) is 3.05. The van der Waals surface area contributed by atoms with Crippen molar-refractivity contribution >= 4 is 16.9 Å². The molecule has 0 spiro atoms. The summed E-state index contributed by atoms with van der Waals surface area (Å²) in [6, 6.07) is 20.5. The summed E-state index contributed by atoms with van der Waals surface area (Å²) in [6.07, 6.45) is 3.61. The van der Waals surface area contributed by atoms with E-state index in [9.17, 15) is 4.79 Å². The van der Waals surface area contributed by atoms with Crippen molar-refractivity contribution in [2.24, 2.45) is 7.05 Å². The summed E-state index contributed by atoms with van der Waals surface area (Å²) in [5, 5.41) is 0.980. The minimum Gasteiger partial charge on any atom is -0.464 e. The summed E-state index contributed by atoms with van der Waals surface area (Å²) in [5.74, 6) is -0.354. The quantitative estimate of drug-likeness (QED) is 0.507. The maximum absolute atomic E-state index is 12.0. The molecule has 4 rings (SSSR count). The molecular weight excluding hydrogens is 324 g/mol. The number of aromatic nitrogens is 2. The standard InChI is InChI=1S/C22H18N2O2/c1-24-20(22(25)26-2)12-18-19(13-23-14-21(18)24)17-10-6-9-16(11-17)15-7-4-3-5-8-15/h3-14H,1-2H3. The van der Waals surface area contributed by atoms with Gasteiger partial charge in [0, 0.05) is 24.2 Å². The van der Waals surface area contributed by atoms with Gasteiger partial charge in [-0.25, -0.2) is 4.79 Å². The van der Waals surface area contributed by atoms with E-state index in [0.717, 1.165) is 33.2 Å². The van der Waals surface area contributed by atoms with Crippen molar-refractivity contribution in [2.75, 3.05) is 7.11 Å². The van der Waals surface area contributed by atoms with Crippen LogP contribution < -0.4 is 0 Å². The Morgan fingerprint density at radius 1 is 0.923 bits per heavy atom. The second-order valence-electron chi connectivity index (χ2n) is 6.15. The first-order valence-electron chi connectivity index (χ1n) is 8.36. The molecule has 4 nitrogen and oxygen atoms in total. The van der Waals surface area contributed by atoms with E-state index in [1.165, 1.54) is 7.11 Å². The van der Waals surface area contributed by atoms with Crippen molar-refractivity contribution in [1.29, 1.82) is 0 Å². The van der Waals surface area contributed by atoms with E-state index in [-0.39, 0.29) is 5.97 Å². The largest absolute Gasteiger partial charge is 0.464 e. The van der Waals surface area contributed by atoms with E-state index in [0.29, 0.717) is 5.69 Å². The molecule has 4 aromatic rings. The zero-order valence-electron chi connectivity index (χ0n) is 14.6. The molecule has 0 aliphatic carbocycles. The maximum atomic E-state index is 12.0. The number of ether oxygens (including phenoxy) is 1. The zero-order valence-corrected chi connectivity index (χ0v) is 14.6. The third-order valence-electron chi connectivity index (χ3n) is 4.65. The van der Waals surface area contributed by atoms with Crippen LogP contribution in [0.25, 0.3) is 33.2 Å². The maximum Gasteiger partial charge on any atom is 0.354 e. The van der Waals surface area contributed by atoms with E-state index in [2.05, 4.69) is 35.3 Å². The first-order chi connectivity index (χ1) is 12.7. The summed E-state index contributed by atoms with van der Waals surface area (Å²) in [7, 11) is 3.24. The van der Waals surface area contributed by atoms with Gasteiger partial charge >= 0.3 is 5.97 Å². The molecule has 128 valence electrons. The third-order valence-corrected chi connectivity index (χ3v) is 4.65. The van der Waals surface area contributed by atoms with Gasteiger partial charge < -0.3 is 9.30 Å². The molecule has 4 heteroatoms. The zero-order chi connectivity index (χ0) is 18.1. The molecule has 0 aliphatic rings. The molecule has 0 fully saturated rings. The van der Waals surface area contributed by atoms with E-state index >= 15 is 0 Å². The van der Waals surface area contributed by atoms with Gasteiger partial charge in [-0.1, -0.05) is 48.5 Å². The van der Waals surface area contributed by atoms with E-state index < -0.39 is 0 Å². The highest BCUT2D eigenvalue weighted by Crippen LogP contribution is 2.32. The number of rotatable bonds is 3. The first-order valence-corrected chi connectivity index (χ1v) is 8.36. The van der Waals surface area contributed by atoms with Gasteiger partial charge in [0.15, 0.2) is 0 Å². The number of methoxy groups -OCH3 is 1. The van der Waals surface area contributed by atoms with Gasteiger partial charge in [-0.05, 0) is 28.8 Å². The topological polar surface area (TPSA) is 44.1 Å². The SMILES string of the molecule is COC(=O)c1cc2c(-c3cccc(-c4ccccc4)c3)cncc2n1C. The van der Waals surface area contributed by atoms with Gasteiger partial charge in [-0.3, -0.25) is 4.98 Å². The minimum atomic E-state index is -0.354. The highest BCUT2D eigenvalue weighted by atomic mass is 16.5. The molecule has 0 unspecified atom stereocenters. The van der Waals surface area contributed by atoms with Crippen LogP contribution in [0.3, 0.4) is 0 Å². The average molecular weight is 342 g/mol. The molecule has 0 bridgehead atoms.